The summed E-state index contributed by atoms with van der Waals surface area (Å²) in [6.07, 6.45) is 0. The van der Waals surface area contributed by atoms with Crippen molar-refractivity contribution in [1.82, 2.24) is 5.32 Å². The molecule has 0 aliphatic heterocycles. The molecule has 4 aromatic carbocycles. The van der Waals surface area contributed by atoms with Crippen LogP contribution >= 0.6 is 0 Å². The third kappa shape index (κ3) is 5.82. The molecule has 3 N–H and O–H groups in total. The molecule has 0 aliphatic carbocycles. The number of hydrogen-bond acceptors (Lipinski definition) is 5. The lowest BCUT2D eigenvalue weighted by molar-refractivity contribution is 0.0949. The summed E-state index contributed by atoms with van der Waals surface area (Å²) in [5.74, 6) is -0.380. The van der Waals surface area contributed by atoms with Crippen molar-refractivity contribution < 1.29 is 24.5 Å². The number of nitrogens with zero attached hydrogens (tertiary/aromatic N) is 1. The third-order valence-corrected chi connectivity index (χ3v) is 5.69. The summed E-state index contributed by atoms with van der Waals surface area (Å²) in [6, 6.07) is 27.4. The van der Waals surface area contributed by atoms with Crippen LogP contribution in [0.15, 0.2) is 97.1 Å². The van der Waals surface area contributed by atoms with Gasteiger partial charge in [-0.3, -0.25) is 9.59 Å². The fourth-order valence-corrected chi connectivity index (χ4v) is 3.71. The van der Waals surface area contributed by atoms with Gasteiger partial charge in [-0.1, -0.05) is 42.5 Å². The smallest absolute Gasteiger partial charge is 0.262 e. The molecule has 2 amide bonds. The Morgan fingerprint density at radius 1 is 0.833 bits per heavy atom. The van der Waals surface area contributed by atoms with Gasteiger partial charge in [0.25, 0.3) is 11.8 Å². The molecule has 0 bridgehead atoms. The predicted octanol–water partition coefficient (Wildman–Crippen LogP) is 4.88. The molecular formula is C29H26N2O5. The quantitative estimate of drug-likeness (QED) is 0.332. The summed E-state index contributed by atoms with van der Waals surface area (Å²) in [6.45, 7) is 0.617. The highest BCUT2D eigenvalue weighted by molar-refractivity contribution is 6.08. The normalized spacial score (nSPS) is 10.5. The number of aromatic hydroxyl groups is 2. The zero-order valence-corrected chi connectivity index (χ0v) is 19.7. The molecule has 4 aromatic rings. The van der Waals surface area contributed by atoms with Gasteiger partial charge in [-0.25, -0.2) is 0 Å². The maximum Gasteiger partial charge on any atom is 0.262 e. The van der Waals surface area contributed by atoms with Gasteiger partial charge in [0.05, 0.1) is 19.2 Å². The first-order chi connectivity index (χ1) is 17.4. The van der Waals surface area contributed by atoms with Crippen LogP contribution in [0.1, 0.15) is 31.8 Å². The van der Waals surface area contributed by atoms with E-state index in [1.54, 1.807) is 31.4 Å². The van der Waals surface area contributed by atoms with Crippen molar-refractivity contribution in [2.24, 2.45) is 0 Å². The molecule has 0 aliphatic rings. The Morgan fingerprint density at radius 3 is 2.17 bits per heavy atom. The fraction of sp³-hybridized carbons (Fsp3) is 0.103. The second-order valence-electron chi connectivity index (χ2n) is 8.16. The molecule has 0 saturated heterocycles. The maximum absolute atomic E-state index is 13.4. The molecule has 7 heteroatoms. The minimum atomic E-state index is -0.437. The van der Waals surface area contributed by atoms with Crippen LogP contribution in [0.4, 0.5) is 5.69 Å². The van der Waals surface area contributed by atoms with Gasteiger partial charge in [-0.2, -0.15) is 0 Å². The molecule has 4 rings (SSSR count). The maximum atomic E-state index is 13.4. The van der Waals surface area contributed by atoms with Crippen LogP contribution in [0.3, 0.4) is 0 Å². The SMILES string of the molecule is COc1ccc(CNC(=O)c2ccc(N(Cc3ccccc3)C(=O)c3ccc(O)cc3O)cc2)cc1. The van der Waals surface area contributed by atoms with Gasteiger partial charge in [-0.15, -0.1) is 0 Å². The number of phenols is 2. The van der Waals surface area contributed by atoms with E-state index in [2.05, 4.69) is 5.32 Å². The lowest BCUT2D eigenvalue weighted by Gasteiger charge is -2.24. The van der Waals surface area contributed by atoms with E-state index in [0.717, 1.165) is 22.9 Å². The van der Waals surface area contributed by atoms with Crippen LogP contribution in [-0.4, -0.2) is 29.1 Å². The molecule has 0 aromatic heterocycles. The van der Waals surface area contributed by atoms with E-state index in [9.17, 15) is 19.8 Å². The molecular weight excluding hydrogens is 456 g/mol. The molecule has 0 spiro atoms. The van der Waals surface area contributed by atoms with Gasteiger partial charge in [-0.05, 0) is 59.7 Å². The van der Waals surface area contributed by atoms with Gasteiger partial charge in [0, 0.05) is 23.9 Å². The van der Waals surface area contributed by atoms with Crippen molar-refractivity contribution in [3.05, 3.63) is 119 Å². The monoisotopic (exact) mass is 482 g/mol. The van der Waals surface area contributed by atoms with Crippen LogP contribution in [0.2, 0.25) is 0 Å². The topological polar surface area (TPSA) is 99.1 Å². The standard InChI is InChI=1S/C29H26N2O5/c1-36-25-14-7-20(8-15-25)18-30-28(34)22-9-11-23(12-10-22)31(19-21-5-3-2-4-6-21)29(35)26-16-13-24(32)17-27(26)33/h2-17,32-33H,18-19H2,1H3,(H,30,34). The van der Waals surface area contributed by atoms with Gasteiger partial charge >= 0.3 is 0 Å². The minimum absolute atomic E-state index is 0.0602. The number of phenolic OH excluding ortho intramolecular Hbond substituents is 2. The Hall–Kier alpha value is -4.78. The number of nitrogens with one attached hydrogen (secondary N) is 1. The Kier molecular flexibility index (Phi) is 7.51. The number of hydrogen-bond donors (Lipinski definition) is 3. The first-order valence-corrected chi connectivity index (χ1v) is 11.3. The lowest BCUT2D eigenvalue weighted by atomic mass is 10.1. The second kappa shape index (κ2) is 11.1. The van der Waals surface area contributed by atoms with Crippen molar-refractivity contribution in [2.45, 2.75) is 13.1 Å². The van der Waals surface area contributed by atoms with Crippen LogP contribution in [0, 0.1) is 0 Å². The average molecular weight is 483 g/mol. The fourth-order valence-electron chi connectivity index (χ4n) is 3.71. The van der Waals surface area contributed by atoms with Crippen molar-refractivity contribution in [3.8, 4) is 17.2 Å². The number of carbonyl (C=O) groups excluding carboxylic acids is 2. The van der Waals surface area contributed by atoms with Crippen LogP contribution < -0.4 is 15.0 Å². The lowest BCUT2D eigenvalue weighted by Crippen LogP contribution is -2.30. The van der Waals surface area contributed by atoms with E-state index >= 15 is 0 Å². The molecule has 36 heavy (non-hydrogen) atoms. The zero-order chi connectivity index (χ0) is 25.5. The third-order valence-electron chi connectivity index (χ3n) is 5.69. The molecule has 0 unspecified atom stereocenters. The van der Waals surface area contributed by atoms with E-state index in [4.69, 9.17) is 4.74 Å². The number of ether oxygens (including phenoxy) is 1. The summed E-state index contributed by atoms with van der Waals surface area (Å²) in [4.78, 5) is 27.6. The Morgan fingerprint density at radius 2 is 1.53 bits per heavy atom. The number of amides is 2. The number of anilines is 1. The van der Waals surface area contributed by atoms with Gasteiger partial charge in [0.1, 0.15) is 17.2 Å². The summed E-state index contributed by atoms with van der Waals surface area (Å²) in [5, 5.41) is 22.7. The van der Waals surface area contributed by atoms with E-state index < -0.39 is 5.91 Å². The Bertz CT molecular complexity index is 1340. The van der Waals surface area contributed by atoms with E-state index in [0.29, 0.717) is 17.8 Å². The molecule has 0 radical (unpaired) electrons. The number of carbonyl (C=O) groups is 2. The number of benzene rings is 4. The Balaban J connectivity index is 1.53. The number of rotatable bonds is 8. The zero-order valence-electron chi connectivity index (χ0n) is 19.7. The average Bonchev–Trinajstić information content (AvgIpc) is 2.91. The molecule has 0 fully saturated rings. The summed E-state index contributed by atoms with van der Waals surface area (Å²) >= 11 is 0. The first kappa shape index (κ1) is 24.3. The molecule has 0 saturated carbocycles. The van der Waals surface area contributed by atoms with Crippen LogP contribution in [0.5, 0.6) is 17.2 Å². The molecule has 7 nitrogen and oxygen atoms in total. The number of methoxy groups -OCH3 is 1. The minimum Gasteiger partial charge on any atom is -0.508 e. The second-order valence-corrected chi connectivity index (χ2v) is 8.16. The van der Waals surface area contributed by atoms with E-state index in [1.165, 1.54) is 17.0 Å². The van der Waals surface area contributed by atoms with Crippen LogP contribution in [0.25, 0.3) is 0 Å². The van der Waals surface area contributed by atoms with E-state index in [-0.39, 0.29) is 29.5 Å². The highest BCUT2D eigenvalue weighted by atomic mass is 16.5. The molecule has 0 atom stereocenters. The summed E-state index contributed by atoms with van der Waals surface area (Å²) < 4.78 is 5.15. The first-order valence-electron chi connectivity index (χ1n) is 11.3. The van der Waals surface area contributed by atoms with Crippen LogP contribution in [-0.2, 0) is 13.1 Å². The van der Waals surface area contributed by atoms with E-state index in [1.807, 2.05) is 54.6 Å². The largest absolute Gasteiger partial charge is 0.508 e. The van der Waals surface area contributed by atoms with Gasteiger partial charge < -0.3 is 25.2 Å². The van der Waals surface area contributed by atoms with Crippen molar-refractivity contribution in [3.63, 3.8) is 0 Å². The van der Waals surface area contributed by atoms with Crippen molar-refractivity contribution in [2.75, 3.05) is 12.0 Å². The predicted molar refractivity (Wildman–Crippen MR) is 137 cm³/mol. The molecule has 0 heterocycles. The highest BCUT2D eigenvalue weighted by Crippen LogP contribution is 2.27. The molecule has 182 valence electrons. The highest BCUT2D eigenvalue weighted by Gasteiger charge is 2.22. The summed E-state index contributed by atoms with van der Waals surface area (Å²) in [7, 11) is 1.60. The van der Waals surface area contributed by atoms with Crippen molar-refractivity contribution >= 4 is 17.5 Å². The Labute approximate surface area is 209 Å². The van der Waals surface area contributed by atoms with Gasteiger partial charge in [0.15, 0.2) is 0 Å². The summed E-state index contributed by atoms with van der Waals surface area (Å²) in [5.41, 5.74) is 2.90. The van der Waals surface area contributed by atoms with Crippen molar-refractivity contribution in [1.29, 1.82) is 0 Å². The van der Waals surface area contributed by atoms with Gasteiger partial charge in [0.2, 0.25) is 0 Å².